The van der Waals surface area contributed by atoms with Gasteiger partial charge in [-0.15, -0.1) is 5.10 Å². The summed E-state index contributed by atoms with van der Waals surface area (Å²) in [5.74, 6) is 1.29. The largest absolute Gasteiger partial charge is 0.479 e. The van der Waals surface area contributed by atoms with Crippen LogP contribution in [-0.4, -0.2) is 50.8 Å². The van der Waals surface area contributed by atoms with E-state index in [2.05, 4.69) is 47.3 Å². The van der Waals surface area contributed by atoms with Gasteiger partial charge >= 0.3 is 0 Å². The number of piperidine rings is 1. The van der Waals surface area contributed by atoms with Crippen molar-refractivity contribution in [2.45, 2.75) is 45.4 Å². The summed E-state index contributed by atoms with van der Waals surface area (Å²) in [6, 6.07) is 10.7. The highest BCUT2D eigenvalue weighted by Gasteiger charge is 2.25. The Bertz CT molecular complexity index is 1290. The zero-order chi connectivity index (χ0) is 23.1. The molecular formula is C26H31N5O2. The Kier molecular flexibility index (Phi) is 5.56. The van der Waals surface area contributed by atoms with Gasteiger partial charge in [0.2, 0.25) is 11.8 Å². The van der Waals surface area contributed by atoms with Gasteiger partial charge in [0.15, 0.2) is 5.65 Å². The number of H-pyrrole nitrogens is 1. The topological polar surface area (TPSA) is 76.0 Å². The molecule has 4 heterocycles. The molecule has 1 fully saturated rings. The summed E-state index contributed by atoms with van der Waals surface area (Å²) < 4.78 is 7.21. The number of fused-ring (bicyclic) bond motifs is 2. The third-order valence-corrected chi connectivity index (χ3v) is 7.14. The molecule has 0 saturated carbocycles. The number of aromatic amines is 1. The van der Waals surface area contributed by atoms with E-state index < -0.39 is 0 Å². The number of rotatable bonds is 5. The first-order chi connectivity index (χ1) is 16.0. The van der Waals surface area contributed by atoms with Crippen LogP contribution in [0.5, 0.6) is 5.88 Å². The maximum absolute atomic E-state index is 13.0. The molecular weight excluding hydrogens is 414 g/mol. The number of aromatic nitrogens is 4. The van der Waals surface area contributed by atoms with Crippen molar-refractivity contribution < 1.29 is 9.53 Å². The van der Waals surface area contributed by atoms with E-state index in [1.54, 1.807) is 11.8 Å². The zero-order valence-corrected chi connectivity index (χ0v) is 19.8. The monoisotopic (exact) mass is 445 g/mol. The minimum absolute atomic E-state index is 0.224. The average molecular weight is 446 g/mol. The summed E-state index contributed by atoms with van der Waals surface area (Å²) in [5.41, 5.74) is 6.47. The number of nitrogens with one attached hydrogen (secondary N) is 1. The fraction of sp³-hybridized carbons (Fsp3) is 0.423. The fourth-order valence-electron chi connectivity index (χ4n) is 5.25. The number of carbonyl (C=O) groups is 1. The molecule has 172 valence electrons. The molecule has 1 aliphatic rings. The van der Waals surface area contributed by atoms with Crippen molar-refractivity contribution >= 4 is 27.8 Å². The van der Waals surface area contributed by atoms with Gasteiger partial charge in [0.25, 0.3) is 0 Å². The van der Waals surface area contributed by atoms with E-state index in [9.17, 15) is 4.79 Å². The van der Waals surface area contributed by atoms with E-state index in [4.69, 9.17) is 9.72 Å². The van der Waals surface area contributed by atoms with Crippen LogP contribution >= 0.6 is 0 Å². The minimum atomic E-state index is 0.224. The number of ether oxygens (including phenoxy) is 1. The average Bonchev–Trinajstić information content (AvgIpc) is 3.40. The molecule has 33 heavy (non-hydrogen) atoms. The lowest BCUT2D eigenvalue weighted by Gasteiger charge is -2.32. The van der Waals surface area contributed by atoms with Crippen molar-refractivity contribution in [3.63, 3.8) is 0 Å². The van der Waals surface area contributed by atoms with Gasteiger partial charge < -0.3 is 14.6 Å². The molecule has 7 heteroatoms. The molecule has 0 bridgehead atoms. The number of nitrogens with zero attached hydrogens (tertiary/aromatic N) is 4. The molecule has 4 aromatic rings. The lowest BCUT2D eigenvalue weighted by atomic mass is 9.93. The molecule has 1 aliphatic heterocycles. The highest BCUT2D eigenvalue weighted by molar-refractivity contribution is 5.86. The molecule has 0 aliphatic carbocycles. The second kappa shape index (κ2) is 8.54. The number of hydrogen-bond donors (Lipinski definition) is 1. The molecule has 7 nitrogen and oxygen atoms in total. The second-order valence-electron chi connectivity index (χ2n) is 9.10. The molecule has 0 unspecified atom stereocenters. The van der Waals surface area contributed by atoms with Crippen LogP contribution in [0, 0.1) is 13.8 Å². The predicted molar refractivity (Wildman–Crippen MR) is 130 cm³/mol. The van der Waals surface area contributed by atoms with Crippen molar-refractivity contribution in [1.82, 2.24) is 24.6 Å². The summed E-state index contributed by atoms with van der Waals surface area (Å²) >= 11 is 0. The molecule has 5 rings (SSSR count). The molecule has 1 saturated heterocycles. The number of carbonyl (C=O) groups excluding carboxylic acids is 1. The number of likely N-dealkylation sites (tertiary alicyclic amines) is 1. The fourth-order valence-corrected chi connectivity index (χ4v) is 5.25. The Balaban J connectivity index is 1.24. The van der Waals surface area contributed by atoms with E-state index in [1.165, 1.54) is 16.6 Å². The van der Waals surface area contributed by atoms with E-state index >= 15 is 0 Å². The Morgan fingerprint density at radius 1 is 1.21 bits per heavy atom. The van der Waals surface area contributed by atoms with Crippen molar-refractivity contribution in [3.05, 3.63) is 52.8 Å². The van der Waals surface area contributed by atoms with E-state index in [-0.39, 0.29) is 5.91 Å². The van der Waals surface area contributed by atoms with Gasteiger partial charge in [-0.3, -0.25) is 4.79 Å². The van der Waals surface area contributed by atoms with E-state index in [0.717, 1.165) is 53.8 Å². The van der Waals surface area contributed by atoms with Gasteiger partial charge in [-0.1, -0.05) is 18.2 Å². The van der Waals surface area contributed by atoms with Gasteiger partial charge in [-0.25, -0.2) is 9.67 Å². The van der Waals surface area contributed by atoms with Gasteiger partial charge in [-0.2, -0.15) is 0 Å². The second-order valence-corrected chi connectivity index (χ2v) is 9.10. The van der Waals surface area contributed by atoms with Gasteiger partial charge in [0.1, 0.15) is 0 Å². The van der Waals surface area contributed by atoms with Crippen LogP contribution in [0.25, 0.3) is 21.9 Å². The molecule has 0 radical (unpaired) electrons. The van der Waals surface area contributed by atoms with Crippen LogP contribution in [0.3, 0.4) is 0 Å². The Morgan fingerprint density at radius 3 is 2.70 bits per heavy atom. The van der Waals surface area contributed by atoms with Crippen LogP contribution in [0.4, 0.5) is 0 Å². The highest BCUT2D eigenvalue weighted by atomic mass is 16.5. The summed E-state index contributed by atoms with van der Waals surface area (Å²) in [4.78, 5) is 23.4. The summed E-state index contributed by atoms with van der Waals surface area (Å²) in [6.07, 6.45) is 3.17. The number of benzene rings is 1. The third-order valence-electron chi connectivity index (χ3n) is 7.14. The maximum Gasteiger partial charge on any atom is 0.242 e. The zero-order valence-electron chi connectivity index (χ0n) is 19.8. The molecule has 3 aromatic heterocycles. The number of pyridine rings is 1. The lowest BCUT2D eigenvalue weighted by molar-refractivity contribution is -0.132. The quantitative estimate of drug-likeness (QED) is 0.494. The lowest BCUT2D eigenvalue weighted by Crippen LogP contribution is -2.38. The smallest absolute Gasteiger partial charge is 0.242 e. The first-order valence-corrected chi connectivity index (χ1v) is 11.7. The number of para-hydroxylation sites is 1. The van der Waals surface area contributed by atoms with Crippen molar-refractivity contribution in [2.75, 3.05) is 20.2 Å². The van der Waals surface area contributed by atoms with Gasteiger partial charge in [0, 0.05) is 49.4 Å². The van der Waals surface area contributed by atoms with Crippen LogP contribution in [0.15, 0.2) is 30.3 Å². The minimum Gasteiger partial charge on any atom is -0.479 e. The third kappa shape index (κ3) is 3.86. The number of aryl methyl sites for hydroxylation is 3. The maximum atomic E-state index is 13.0. The van der Waals surface area contributed by atoms with Gasteiger partial charge in [0.05, 0.1) is 12.5 Å². The Labute approximate surface area is 193 Å². The number of methoxy groups -OCH3 is 1. The van der Waals surface area contributed by atoms with Crippen molar-refractivity contribution in [1.29, 1.82) is 0 Å². The van der Waals surface area contributed by atoms with Gasteiger partial charge in [-0.05, 0) is 61.8 Å². The van der Waals surface area contributed by atoms with E-state index in [0.29, 0.717) is 24.6 Å². The summed E-state index contributed by atoms with van der Waals surface area (Å²) in [6.45, 7) is 5.71. The Morgan fingerprint density at radius 2 is 1.97 bits per heavy atom. The molecule has 0 spiro atoms. The summed E-state index contributed by atoms with van der Waals surface area (Å²) in [5, 5.41) is 6.61. The highest BCUT2D eigenvalue weighted by Crippen LogP contribution is 2.32. The van der Waals surface area contributed by atoms with Crippen molar-refractivity contribution in [2.24, 2.45) is 7.05 Å². The van der Waals surface area contributed by atoms with Crippen LogP contribution in [-0.2, 0) is 18.3 Å². The van der Waals surface area contributed by atoms with E-state index in [1.807, 2.05) is 18.9 Å². The molecule has 1 aromatic carbocycles. The normalized spacial score (nSPS) is 15.0. The molecule has 0 atom stereocenters. The number of hydrogen-bond acceptors (Lipinski definition) is 4. The molecule has 1 amide bonds. The molecule has 1 N–H and O–H groups in total. The number of amides is 1. The first-order valence-electron chi connectivity index (χ1n) is 11.7. The predicted octanol–water partition coefficient (Wildman–Crippen LogP) is 4.41. The summed E-state index contributed by atoms with van der Waals surface area (Å²) in [7, 11) is 3.50. The SMILES string of the molecule is COc1nn(C)c2nc(C)c(CCC(=O)N3CCC(c4cc5ccccc5[nH]4)CC3)c(C)c12. The Hall–Kier alpha value is -3.35. The van der Waals surface area contributed by atoms with Crippen LogP contribution < -0.4 is 4.74 Å². The van der Waals surface area contributed by atoms with Crippen molar-refractivity contribution in [3.8, 4) is 5.88 Å². The standard InChI is InChI=1S/C26H31N5O2/c1-16-20(17(2)27-25-24(16)26(33-4)29-30(25)3)9-10-23(32)31-13-11-18(12-14-31)22-15-19-7-5-6-8-21(19)28-22/h5-8,15,18,28H,9-14H2,1-4H3. The van der Waals surface area contributed by atoms with Crippen LogP contribution in [0.2, 0.25) is 0 Å². The van der Waals surface area contributed by atoms with Crippen LogP contribution in [0.1, 0.15) is 47.7 Å². The first kappa shape index (κ1) is 21.5.